The number of hydrogen-bond donors (Lipinski definition) is 1. The molecular formula is C10H17NO4. The fraction of sp³-hybridized carbons (Fsp3) is 0.800. The van der Waals surface area contributed by atoms with E-state index in [4.69, 9.17) is 9.47 Å². The zero-order chi connectivity index (χ0) is 11.7. The largest absolute Gasteiger partial charge is 0.444 e. The summed E-state index contributed by atoms with van der Waals surface area (Å²) in [7, 11) is 0. The van der Waals surface area contributed by atoms with Crippen molar-refractivity contribution in [2.24, 2.45) is 0 Å². The van der Waals surface area contributed by atoms with E-state index in [1.807, 2.05) is 0 Å². The number of esters is 1. The molecule has 1 fully saturated rings. The van der Waals surface area contributed by atoms with E-state index in [-0.39, 0.29) is 0 Å². The summed E-state index contributed by atoms with van der Waals surface area (Å²) in [6, 6.07) is 0. The molecule has 0 aliphatic heterocycles. The van der Waals surface area contributed by atoms with Crippen molar-refractivity contribution in [1.82, 2.24) is 5.32 Å². The van der Waals surface area contributed by atoms with Crippen molar-refractivity contribution in [3.8, 4) is 0 Å². The Morgan fingerprint density at radius 3 is 2.13 bits per heavy atom. The van der Waals surface area contributed by atoms with E-state index in [2.05, 4.69) is 5.32 Å². The molecule has 0 heterocycles. The Morgan fingerprint density at radius 2 is 1.80 bits per heavy atom. The van der Waals surface area contributed by atoms with Gasteiger partial charge in [0.2, 0.25) is 0 Å². The minimum atomic E-state index is -0.811. The summed E-state index contributed by atoms with van der Waals surface area (Å²) in [5.74, 6) is -0.399. The highest BCUT2D eigenvalue weighted by molar-refractivity contribution is 5.71. The molecule has 1 saturated carbocycles. The third-order valence-electron chi connectivity index (χ3n) is 1.77. The first-order valence-corrected chi connectivity index (χ1v) is 4.93. The Hall–Kier alpha value is -1.26. The summed E-state index contributed by atoms with van der Waals surface area (Å²) in [6.45, 7) is 6.64. The van der Waals surface area contributed by atoms with Crippen LogP contribution in [0.1, 0.15) is 40.5 Å². The molecule has 0 spiro atoms. The maximum atomic E-state index is 11.4. The molecule has 0 aromatic heterocycles. The van der Waals surface area contributed by atoms with Gasteiger partial charge < -0.3 is 9.47 Å². The summed E-state index contributed by atoms with van der Waals surface area (Å²) in [6.07, 6.45) is 0.735. The van der Waals surface area contributed by atoms with Crippen LogP contribution in [0.25, 0.3) is 0 Å². The van der Waals surface area contributed by atoms with Crippen LogP contribution in [-0.4, -0.2) is 23.4 Å². The van der Waals surface area contributed by atoms with Crippen LogP contribution in [0.2, 0.25) is 0 Å². The van der Waals surface area contributed by atoms with Gasteiger partial charge in [0.15, 0.2) is 5.72 Å². The quantitative estimate of drug-likeness (QED) is 0.561. The van der Waals surface area contributed by atoms with Crippen LogP contribution >= 0.6 is 0 Å². The average molecular weight is 215 g/mol. The molecule has 86 valence electrons. The molecule has 0 saturated heterocycles. The van der Waals surface area contributed by atoms with E-state index >= 15 is 0 Å². The number of hydrogen-bond acceptors (Lipinski definition) is 4. The molecule has 1 rings (SSSR count). The lowest BCUT2D eigenvalue weighted by Gasteiger charge is -2.23. The number of nitrogens with one attached hydrogen (secondary N) is 1. The first kappa shape index (κ1) is 11.8. The van der Waals surface area contributed by atoms with Crippen molar-refractivity contribution in [1.29, 1.82) is 0 Å². The smallest absolute Gasteiger partial charge is 0.410 e. The van der Waals surface area contributed by atoms with E-state index in [9.17, 15) is 9.59 Å². The molecule has 15 heavy (non-hydrogen) atoms. The van der Waals surface area contributed by atoms with Gasteiger partial charge >= 0.3 is 12.1 Å². The average Bonchev–Trinajstić information content (AvgIpc) is 2.61. The highest BCUT2D eigenvalue weighted by Gasteiger charge is 2.48. The SMILES string of the molecule is CC(=O)OC1(NC(=O)OC(C)(C)C)CC1. The van der Waals surface area contributed by atoms with Crippen LogP contribution in [0.4, 0.5) is 4.79 Å². The van der Waals surface area contributed by atoms with Crippen LogP contribution < -0.4 is 5.32 Å². The van der Waals surface area contributed by atoms with Crippen molar-refractivity contribution in [2.45, 2.75) is 51.9 Å². The minimum absolute atomic E-state index is 0.399. The normalized spacial score (nSPS) is 17.9. The standard InChI is InChI=1S/C10H17NO4/c1-7(12)14-10(5-6-10)11-8(13)15-9(2,3)4/h5-6H2,1-4H3,(H,11,13). The first-order valence-electron chi connectivity index (χ1n) is 4.93. The highest BCUT2D eigenvalue weighted by Crippen LogP contribution is 2.36. The van der Waals surface area contributed by atoms with E-state index in [1.54, 1.807) is 20.8 Å². The van der Waals surface area contributed by atoms with Gasteiger partial charge in [-0.05, 0) is 20.8 Å². The maximum Gasteiger partial charge on any atom is 0.410 e. The molecule has 1 aliphatic rings. The molecule has 0 atom stereocenters. The number of alkyl carbamates (subject to hydrolysis) is 1. The number of carbonyl (C=O) groups is 2. The van der Waals surface area contributed by atoms with Gasteiger partial charge in [-0.15, -0.1) is 0 Å². The Morgan fingerprint density at radius 1 is 1.27 bits per heavy atom. The molecule has 5 heteroatoms. The first-order chi connectivity index (χ1) is 6.72. The molecule has 1 amide bonds. The van der Waals surface area contributed by atoms with E-state index in [0.29, 0.717) is 12.8 Å². The monoisotopic (exact) mass is 215 g/mol. The second-order valence-electron chi connectivity index (χ2n) is 4.71. The predicted octanol–water partition coefficient (Wildman–Crippen LogP) is 1.56. The number of ether oxygens (including phenoxy) is 2. The summed E-state index contributed by atoms with van der Waals surface area (Å²) in [4.78, 5) is 22.1. The third-order valence-corrected chi connectivity index (χ3v) is 1.77. The Kier molecular flexibility index (Phi) is 2.93. The molecule has 0 aromatic rings. The lowest BCUT2D eigenvalue weighted by Crippen LogP contribution is -2.43. The van der Waals surface area contributed by atoms with Crippen LogP contribution in [-0.2, 0) is 14.3 Å². The van der Waals surface area contributed by atoms with Crippen LogP contribution in [0.5, 0.6) is 0 Å². The fourth-order valence-corrected chi connectivity index (χ4v) is 1.13. The summed E-state index contributed by atoms with van der Waals surface area (Å²) in [5.41, 5.74) is -1.36. The van der Waals surface area contributed by atoms with Crippen molar-refractivity contribution in [2.75, 3.05) is 0 Å². The van der Waals surface area contributed by atoms with Gasteiger partial charge in [0.1, 0.15) is 5.60 Å². The molecule has 0 aromatic carbocycles. The second-order valence-corrected chi connectivity index (χ2v) is 4.71. The third kappa shape index (κ3) is 4.18. The fourth-order valence-electron chi connectivity index (χ4n) is 1.13. The Labute approximate surface area is 89.1 Å². The Bertz CT molecular complexity index is 276. The van der Waals surface area contributed by atoms with Crippen molar-refractivity contribution < 1.29 is 19.1 Å². The summed E-state index contributed by atoms with van der Waals surface area (Å²) >= 11 is 0. The molecular weight excluding hydrogens is 198 g/mol. The van der Waals surface area contributed by atoms with Gasteiger partial charge in [0.05, 0.1) is 0 Å². The summed E-state index contributed by atoms with van der Waals surface area (Å²) < 4.78 is 10.0. The highest BCUT2D eigenvalue weighted by atomic mass is 16.6. The van der Waals surface area contributed by atoms with Gasteiger partial charge in [-0.2, -0.15) is 0 Å². The molecule has 0 bridgehead atoms. The van der Waals surface area contributed by atoms with Crippen LogP contribution in [0.15, 0.2) is 0 Å². The molecule has 1 N–H and O–H groups in total. The Balaban J connectivity index is 2.41. The van der Waals surface area contributed by atoms with Crippen LogP contribution in [0.3, 0.4) is 0 Å². The lowest BCUT2D eigenvalue weighted by molar-refractivity contribution is -0.149. The van der Waals surface area contributed by atoms with Gasteiger partial charge in [-0.3, -0.25) is 10.1 Å². The number of carbonyl (C=O) groups excluding carboxylic acids is 2. The molecule has 0 unspecified atom stereocenters. The maximum absolute atomic E-state index is 11.4. The zero-order valence-electron chi connectivity index (χ0n) is 9.55. The lowest BCUT2D eigenvalue weighted by atomic mass is 10.2. The summed E-state index contributed by atoms with van der Waals surface area (Å²) in [5, 5.41) is 2.55. The van der Waals surface area contributed by atoms with Crippen LogP contribution in [0, 0.1) is 0 Å². The van der Waals surface area contributed by atoms with E-state index in [1.165, 1.54) is 6.92 Å². The van der Waals surface area contributed by atoms with Gasteiger partial charge in [-0.25, -0.2) is 4.79 Å². The van der Waals surface area contributed by atoms with Crippen molar-refractivity contribution in [3.63, 3.8) is 0 Å². The molecule has 1 aliphatic carbocycles. The topological polar surface area (TPSA) is 64.6 Å². The van der Waals surface area contributed by atoms with Crippen molar-refractivity contribution >= 4 is 12.1 Å². The molecule has 0 radical (unpaired) electrons. The minimum Gasteiger partial charge on any atom is -0.444 e. The number of rotatable bonds is 2. The molecule has 5 nitrogen and oxygen atoms in total. The predicted molar refractivity (Wildman–Crippen MR) is 53.1 cm³/mol. The number of amides is 1. The van der Waals surface area contributed by atoms with Gasteiger partial charge in [0.25, 0.3) is 0 Å². The van der Waals surface area contributed by atoms with Crippen molar-refractivity contribution in [3.05, 3.63) is 0 Å². The zero-order valence-corrected chi connectivity index (χ0v) is 9.55. The van der Waals surface area contributed by atoms with Gasteiger partial charge in [-0.1, -0.05) is 0 Å². The van der Waals surface area contributed by atoms with E-state index < -0.39 is 23.4 Å². The van der Waals surface area contributed by atoms with E-state index in [0.717, 1.165) is 0 Å². The van der Waals surface area contributed by atoms with Gasteiger partial charge in [0, 0.05) is 19.8 Å². The second kappa shape index (κ2) is 3.72.